The Balaban J connectivity index is 2.58. The molecular weight excluding hydrogens is 534 g/mol. The highest BCUT2D eigenvalue weighted by molar-refractivity contribution is 5.98. The summed E-state index contributed by atoms with van der Waals surface area (Å²) in [5, 5.41) is 18.3. The predicted octanol–water partition coefficient (Wildman–Crippen LogP) is 5.31. The number of benzene rings is 2. The number of carbonyl (C=O) groups excluding carboxylic acids is 3. The highest BCUT2D eigenvalue weighted by Crippen LogP contribution is 2.34. The molecule has 0 fully saturated rings. The van der Waals surface area contributed by atoms with Crippen molar-refractivity contribution in [2.24, 2.45) is 5.92 Å². The predicted molar refractivity (Wildman–Crippen MR) is 166 cm³/mol. The van der Waals surface area contributed by atoms with Gasteiger partial charge in [-0.15, -0.1) is 0 Å². The Labute approximate surface area is 250 Å². The lowest BCUT2D eigenvalue weighted by Crippen LogP contribution is -2.50. The Kier molecular flexibility index (Phi) is 12.5. The first-order valence-electron chi connectivity index (χ1n) is 14.6. The summed E-state index contributed by atoms with van der Waals surface area (Å²) in [5.74, 6) is -1.19. The topological polar surface area (TPSA) is 125 Å². The molecule has 230 valence electrons. The quantitative estimate of drug-likeness (QED) is 0.177. The van der Waals surface area contributed by atoms with E-state index in [0.29, 0.717) is 6.54 Å². The molecule has 2 N–H and O–H groups in total. The third-order valence-corrected chi connectivity index (χ3v) is 6.70. The number of nitrogens with one attached hydrogen (secondary N) is 2. The molecule has 42 heavy (non-hydrogen) atoms. The van der Waals surface area contributed by atoms with Crippen LogP contribution in [0.1, 0.15) is 84.2 Å². The summed E-state index contributed by atoms with van der Waals surface area (Å²) in [5.41, 5.74) is 0.463. The van der Waals surface area contributed by atoms with Gasteiger partial charge in [-0.25, -0.2) is 0 Å². The van der Waals surface area contributed by atoms with Crippen LogP contribution in [0, 0.1) is 16.0 Å². The van der Waals surface area contributed by atoms with E-state index < -0.39 is 22.4 Å². The standard InChI is InChI=1S/C32H47N5O5/c1-9-10-18-33-30(39)29(22(2)3)36(20-24-14-12-11-13-15-24)26-17-16-25(19-27(26)37(41)42)31(40)35(23(4)5)21-28(38)34-32(6,7)8/h11-17,19,22-23,29H,9-10,18,20-21H2,1-8H3,(H,33,39)(H,34,38). The Bertz CT molecular complexity index is 1220. The number of hydrogen-bond acceptors (Lipinski definition) is 6. The van der Waals surface area contributed by atoms with Crippen LogP contribution < -0.4 is 15.5 Å². The third-order valence-electron chi connectivity index (χ3n) is 6.70. The van der Waals surface area contributed by atoms with Crippen molar-refractivity contribution < 1.29 is 19.3 Å². The summed E-state index contributed by atoms with van der Waals surface area (Å²) in [4.78, 5) is 54.8. The maximum Gasteiger partial charge on any atom is 0.293 e. The van der Waals surface area contributed by atoms with Crippen molar-refractivity contribution >= 4 is 29.1 Å². The number of nitro benzene ring substituents is 1. The minimum Gasteiger partial charge on any atom is -0.354 e. The van der Waals surface area contributed by atoms with Crippen LogP contribution >= 0.6 is 0 Å². The molecule has 0 aliphatic rings. The van der Waals surface area contributed by atoms with Crippen molar-refractivity contribution in [3.8, 4) is 0 Å². The van der Waals surface area contributed by atoms with Crippen LogP contribution in [-0.2, 0) is 16.1 Å². The van der Waals surface area contributed by atoms with E-state index >= 15 is 0 Å². The average molecular weight is 582 g/mol. The van der Waals surface area contributed by atoms with Crippen LogP contribution in [0.5, 0.6) is 0 Å². The number of nitro groups is 1. The van der Waals surface area contributed by atoms with E-state index in [1.807, 2.05) is 71.9 Å². The lowest BCUT2D eigenvalue weighted by Gasteiger charge is -2.35. The van der Waals surface area contributed by atoms with Crippen LogP contribution in [0.15, 0.2) is 48.5 Å². The average Bonchev–Trinajstić information content (AvgIpc) is 2.90. The molecule has 0 spiro atoms. The Morgan fingerprint density at radius 3 is 2.17 bits per heavy atom. The van der Waals surface area contributed by atoms with Crippen molar-refractivity contribution in [2.75, 3.05) is 18.0 Å². The molecular formula is C32H47N5O5. The SMILES string of the molecule is CCCCNC(=O)C(C(C)C)N(Cc1ccccc1)c1ccc(C(=O)N(CC(=O)NC(C)(C)C)C(C)C)cc1[N+](=O)[O-]. The van der Waals surface area contributed by atoms with E-state index in [1.165, 1.54) is 23.1 Å². The minimum atomic E-state index is -0.699. The van der Waals surface area contributed by atoms with Gasteiger partial charge in [0, 0.05) is 36.3 Å². The molecule has 2 aromatic carbocycles. The minimum absolute atomic E-state index is 0.0934. The molecule has 2 aromatic rings. The van der Waals surface area contributed by atoms with Crippen LogP contribution in [0.25, 0.3) is 0 Å². The van der Waals surface area contributed by atoms with Crippen molar-refractivity contribution in [1.82, 2.24) is 15.5 Å². The largest absolute Gasteiger partial charge is 0.354 e. The van der Waals surface area contributed by atoms with Crippen molar-refractivity contribution in [1.29, 1.82) is 0 Å². The fraction of sp³-hybridized carbons (Fsp3) is 0.531. The molecule has 1 unspecified atom stereocenters. The molecule has 0 heterocycles. The number of anilines is 1. The van der Waals surface area contributed by atoms with Gasteiger partial charge in [0.1, 0.15) is 18.3 Å². The number of hydrogen-bond donors (Lipinski definition) is 2. The second kappa shape index (κ2) is 15.3. The highest BCUT2D eigenvalue weighted by Gasteiger charge is 2.34. The molecule has 1 atom stereocenters. The van der Waals surface area contributed by atoms with Gasteiger partial charge in [-0.05, 0) is 64.7 Å². The van der Waals surface area contributed by atoms with Crippen molar-refractivity contribution in [3.05, 3.63) is 69.8 Å². The number of unbranched alkanes of at least 4 members (excludes halogenated alkanes) is 1. The summed E-state index contributed by atoms with van der Waals surface area (Å²) in [6.45, 7) is 15.6. The fourth-order valence-corrected chi connectivity index (χ4v) is 4.72. The molecule has 0 aliphatic heterocycles. The van der Waals surface area contributed by atoms with E-state index in [2.05, 4.69) is 10.6 Å². The maximum absolute atomic E-state index is 13.6. The number of amides is 3. The van der Waals surface area contributed by atoms with E-state index in [0.717, 1.165) is 18.4 Å². The van der Waals surface area contributed by atoms with E-state index in [4.69, 9.17) is 0 Å². The molecule has 0 radical (unpaired) electrons. The highest BCUT2D eigenvalue weighted by atomic mass is 16.6. The van der Waals surface area contributed by atoms with E-state index in [9.17, 15) is 24.5 Å². The normalized spacial score (nSPS) is 12.1. The molecule has 0 saturated heterocycles. The zero-order valence-corrected chi connectivity index (χ0v) is 26.3. The monoisotopic (exact) mass is 581 g/mol. The Hall–Kier alpha value is -3.95. The summed E-state index contributed by atoms with van der Waals surface area (Å²) >= 11 is 0. The molecule has 0 saturated carbocycles. The van der Waals surface area contributed by atoms with Gasteiger partial charge < -0.3 is 20.4 Å². The second-order valence-corrected chi connectivity index (χ2v) is 12.2. The van der Waals surface area contributed by atoms with Gasteiger partial charge in [0.25, 0.3) is 11.6 Å². The molecule has 2 rings (SSSR count). The summed E-state index contributed by atoms with van der Waals surface area (Å²) in [6.07, 6.45) is 1.75. The zero-order chi connectivity index (χ0) is 31.6. The number of carbonyl (C=O) groups is 3. The first-order chi connectivity index (χ1) is 19.7. The first-order valence-corrected chi connectivity index (χ1v) is 14.6. The van der Waals surface area contributed by atoms with Gasteiger partial charge in [-0.2, -0.15) is 0 Å². The molecule has 10 nitrogen and oxygen atoms in total. The molecule has 0 bridgehead atoms. The van der Waals surface area contributed by atoms with Crippen LogP contribution in [0.4, 0.5) is 11.4 Å². The molecule has 3 amide bonds. The maximum atomic E-state index is 13.6. The second-order valence-electron chi connectivity index (χ2n) is 12.2. The first kappa shape index (κ1) is 34.3. The lowest BCUT2D eigenvalue weighted by molar-refractivity contribution is -0.384. The van der Waals surface area contributed by atoms with Crippen molar-refractivity contribution in [2.45, 2.75) is 92.4 Å². The number of nitrogens with zero attached hydrogens (tertiary/aromatic N) is 3. The van der Waals surface area contributed by atoms with Gasteiger partial charge in [-0.3, -0.25) is 24.5 Å². The molecule has 0 aromatic heterocycles. The fourth-order valence-electron chi connectivity index (χ4n) is 4.72. The van der Waals surface area contributed by atoms with Crippen molar-refractivity contribution in [3.63, 3.8) is 0 Å². The summed E-state index contributed by atoms with van der Waals surface area (Å²) in [7, 11) is 0. The van der Waals surface area contributed by atoms with Gasteiger partial charge in [0.05, 0.1) is 4.92 Å². The van der Waals surface area contributed by atoms with Gasteiger partial charge in [0.2, 0.25) is 11.8 Å². The van der Waals surface area contributed by atoms with Gasteiger partial charge >= 0.3 is 0 Å². The van der Waals surface area contributed by atoms with Crippen LogP contribution in [0.2, 0.25) is 0 Å². The molecule has 0 aliphatic carbocycles. The number of rotatable bonds is 14. The van der Waals surface area contributed by atoms with Gasteiger partial charge in [-0.1, -0.05) is 57.5 Å². The summed E-state index contributed by atoms with van der Waals surface area (Å²) < 4.78 is 0. The Morgan fingerprint density at radius 1 is 1.00 bits per heavy atom. The molecule has 10 heteroatoms. The van der Waals surface area contributed by atoms with E-state index in [1.54, 1.807) is 18.7 Å². The van der Waals surface area contributed by atoms with Gasteiger partial charge in [0.15, 0.2) is 0 Å². The van der Waals surface area contributed by atoms with E-state index in [-0.39, 0.29) is 53.8 Å². The van der Waals surface area contributed by atoms with Crippen LogP contribution in [0.3, 0.4) is 0 Å². The third kappa shape index (κ3) is 9.85. The zero-order valence-electron chi connectivity index (χ0n) is 26.3. The smallest absolute Gasteiger partial charge is 0.293 e. The lowest BCUT2D eigenvalue weighted by atomic mass is 9.98. The summed E-state index contributed by atoms with van der Waals surface area (Å²) in [6, 6.07) is 12.8. The Morgan fingerprint density at radius 2 is 1.64 bits per heavy atom. The van der Waals surface area contributed by atoms with Crippen LogP contribution in [-0.4, -0.2) is 58.3 Å².